The summed E-state index contributed by atoms with van der Waals surface area (Å²) in [7, 11) is -7.88. The minimum Gasteiger partial charge on any atom is -0.508 e. The Balaban J connectivity index is 2.06. The van der Waals surface area contributed by atoms with Crippen molar-refractivity contribution in [3.63, 3.8) is 0 Å². The van der Waals surface area contributed by atoms with Gasteiger partial charge in [-0.15, -0.1) is 11.3 Å². The molecule has 2 heterocycles. The van der Waals surface area contributed by atoms with Gasteiger partial charge in [-0.2, -0.15) is 4.31 Å². The van der Waals surface area contributed by atoms with Crippen molar-refractivity contribution in [2.45, 2.75) is 28.6 Å². The number of likely N-dealkylation sites (N-methyl/N-ethyl adjacent to an activating group) is 1. The molecule has 0 bridgehead atoms. The van der Waals surface area contributed by atoms with Gasteiger partial charge in [-0.3, -0.25) is 0 Å². The maximum absolute atomic E-state index is 13.0. The first-order valence-electron chi connectivity index (χ1n) is 7.81. The number of fused-ring (bicyclic) bond motifs is 1. The lowest BCUT2D eigenvalue weighted by molar-refractivity contribution is 0.340. The molecule has 1 aliphatic heterocycles. The zero-order valence-corrected chi connectivity index (χ0v) is 16.4. The highest BCUT2D eigenvalue weighted by Crippen LogP contribution is 2.40. The molecule has 0 unspecified atom stereocenters. The Morgan fingerprint density at radius 1 is 1.38 bits per heavy atom. The lowest BCUT2D eigenvalue weighted by atomic mass is 10.2. The summed E-state index contributed by atoms with van der Waals surface area (Å²) in [6.45, 7) is 2.70. The standard InChI is InChI=1S/C15H19N3O5S3/c1-2-17-12-9-18(8-10-4-3-5-11(19)6-10)26(22,23)13-7-14(24-15(12)13)25(16,20)21/h3-7,12,17,19H,2,8-9H2,1H3,(H2,16,20,21)/t12-/m1/s1. The summed E-state index contributed by atoms with van der Waals surface area (Å²) in [5.41, 5.74) is 0.633. The van der Waals surface area contributed by atoms with E-state index in [2.05, 4.69) is 5.32 Å². The van der Waals surface area contributed by atoms with E-state index >= 15 is 0 Å². The van der Waals surface area contributed by atoms with Crippen molar-refractivity contribution in [3.8, 4) is 5.75 Å². The normalized spacial score (nSPS) is 20.0. The van der Waals surface area contributed by atoms with Crippen molar-refractivity contribution in [2.75, 3.05) is 13.1 Å². The number of phenols is 1. The van der Waals surface area contributed by atoms with Crippen molar-refractivity contribution in [3.05, 3.63) is 40.8 Å². The van der Waals surface area contributed by atoms with Gasteiger partial charge in [0.1, 0.15) is 9.96 Å². The maximum atomic E-state index is 13.0. The van der Waals surface area contributed by atoms with E-state index in [9.17, 15) is 21.9 Å². The van der Waals surface area contributed by atoms with Crippen LogP contribution in [0.5, 0.6) is 5.75 Å². The first kappa shape index (κ1) is 19.3. The molecule has 0 saturated heterocycles. The molecule has 0 saturated carbocycles. The van der Waals surface area contributed by atoms with Crippen molar-refractivity contribution in [2.24, 2.45) is 5.14 Å². The summed E-state index contributed by atoms with van der Waals surface area (Å²) >= 11 is 0.882. The van der Waals surface area contributed by atoms with Gasteiger partial charge < -0.3 is 10.4 Å². The monoisotopic (exact) mass is 417 g/mol. The van der Waals surface area contributed by atoms with Crippen LogP contribution in [0.3, 0.4) is 0 Å². The van der Waals surface area contributed by atoms with Crippen LogP contribution in [0.2, 0.25) is 0 Å². The van der Waals surface area contributed by atoms with Gasteiger partial charge in [0.15, 0.2) is 0 Å². The molecule has 3 rings (SSSR count). The molecule has 0 radical (unpaired) electrons. The third-order valence-electron chi connectivity index (χ3n) is 4.02. The molecule has 8 nitrogen and oxygen atoms in total. The number of rotatable bonds is 5. The third kappa shape index (κ3) is 3.63. The highest BCUT2D eigenvalue weighted by Gasteiger charge is 2.39. The zero-order chi connectivity index (χ0) is 19.1. The molecule has 2 aromatic rings. The number of benzene rings is 1. The number of nitrogens with zero attached hydrogens (tertiary/aromatic N) is 1. The van der Waals surface area contributed by atoms with E-state index in [0.717, 1.165) is 17.4 Å². The predicted molar refractivity (Wildman–Crippen MR) is 97.8 cm³/mol. The van der Waals surface area contributed by atoms with Gasteiger partial charge in [0.2, 0.25) is 20.0 Å². The number of thiophene rings is 1. The summed E-state index contributed by atoms with van der Waals surface area (Å²) in [6, 6.07) is 7.15. The van der Waals surface area contributed by atoms with Gasteiger partial charge in [0.25, 0.3) is 0 Å². The topological polar surface area (TPSA) is 130 Å². The number of nitrogens with two attached hydrogens (primary N) is 1. The second-order valence-electron chi connectivity index (χ2n) is 5.92. The molecule has 1 aliphatic rings. The molecular formula is C15H19N3O5S3. The van der Waals surface area contributed by atoms with Crippen LogP contribution in [-0.2, 0) is 26.6 Å². The third-order valence-corrected chi connectivity index (χ3v) is 8.67. The van der Waals surface area contributed by atoms with Crippen LogP contribution < -0.4 is 10.5 Å². The number of hydrogen-bond donors (Lipinski definition) is 3. The van der Waals surface area contributed by atoms with Crippen molar-refractivity contribution in [1.29, 1.82) is 0 Å². The minimum atomic E-state index is -3.99. The fourth-order valence-electron chi connectivity index (χ4n) is 2.89. The van der Waals surface area contributed by atoms with Crippen LogP contribution in [0.25, 0.3) is 0 Å². The predicted octanol–water partition coefficient (Wildman–Crippen LogP) is 0.956. The second-order valence-corrected chi connectivity index (χ2v) is 10.7. The number of aromatic hydroxyl groups is 1. The Kier molecular flexibility index (Phi) is 5.12. The van der Waals surface area contributed by atoms with E-state index in [-0.39, 0.29) is 34.0 Å². The maximum Gasteiger partial charge on any atom is 0.247 e. The van der Waals surface area contributed by atoms with Gasteiger partial charge in [-0.1, -0.05) is 19.1 Å². The first-order chi connectivity index (χ1) is 12.1. The number of hydrogen-bond acceptors (Lipinski definition) is 7. The highest BCUT2D eigenvalue weighted by molar-refractivity contribution is 7.92. The summed E-state index contributed by atoms with van der Waals surface area (Å²) in [4.78, 5) is 0.409. The first-order valence-corrected chi connectivity index (χ1v) is 11.6. The molecular weight excluding hydrogens is 398 g/mol. The van der Waals surface area contributed by atoms with Crippen LogP contribution in [0, 0.1) is 0 Å². The van der Waals surface area contributed by atoms with E-state index in [1.165, 1.54) is 16.4 Å². The van der Waals surface area contributed by atoms with Crippen LogP contribution in [0.15, 0.2) is 39.4 Å². The Morgan fingerprint density at radius 2 is 2.12 bits per heavy atom. The number of primary sulfonamides is 1. The Hall–Kier alpha value is -1.50. The van der Waals surface area contributed by atoms with Crippen LogP contribution in [0.4, 0.5) is 0 Å². The fourth-order valence-corrected chi connectivity index (χ4v) is 6.95. The lowest BCUT2D eigenvalue weighted by Crippen LogP contribution is -2.42. The van der Waals surface area contributed by atoms with Gasteiger partial charge in [0, 0.05) is 18.0 Å². The highest BCUT2D eigenvalue weighted by atomic mass is 32.2. The van der Waals surface area contributed by atoms with Gasteiger partial charge in [-0.25, -0.2) is 22.0 Å². The van der Waals surface area contributed by atoms with Gasteiger partial charge in [-0.05, 0) is 30.3 Å². The van der Waals surface area contributed by atoms with Gasteiger partial charge in [0.05, 0.1) is 10.9 Å². The molecule has 0 aliphatic carbocycles. The quantitative estimate of drug-likeness (QED) is 0.664. The molecule has 0 amide bonds. The minimum absolute atomic E-state index is 0.0381. The van der Waals surface area contributed by atoms with E-state index in [1.54, 1.807) is 12.1 Å². The van der Waals surface area contributed by atoms with Crippen molar-refractivity contribution in [1.82, 2.24) is 9.62 Å². The summed E-state index contributed by atoms with van der Waals surface area (Å²) in [6.07, 6.45) is 0. The molecule has 11 heteroatoms. The summed E-state index contributed by atoms with van der Waals surface area (Å²) < 4.78 is 50.4. The molecule has 26 heavy (non-hydrogen) atoms. The van der Waals surface area contributed by atoms with E-state index in [1.807, 2.05) is 6.92 Å². The average molecular weight is 418 g/mol. The van der Waals surface area contributed by atoms with Crippen LogP contribution >= 0.6 is 11.3 Å². The zero-order valence-electron chi connectivity index (χ0n) is 13.9. The molecule has 1 aromatic heterocycles. The lowest BCUT2D eigenvalue weighted by Gasteiger charge is -2.32. The summed E-state index contributed by atoms with van der Waals surface area (Å²) in [5, 5.41) is 18.0. The molecule has 1 atom stereocenters. The average Bonchev–Trinajstić information content (AvgIpc) is 2.99. The van der Waals surface area contributed by atoms with E-state index in [4.69, 9.17) is 5.14 Å². The molecule has 4 N–H and O–H groups in total. The molecule has 142 valence electrons. The molecule has 0 fully saturated rings. The molecule has 0 spiro atoms. The Labute approximate surface area is 156 Å². The van der Waals surface area contributed by atoms with Crippen LogP contribution in [-0.4, -0.2) is 39.3 Å². The number of phenolic OH excluding ortho intramolecular Hbond substituents is 1. The fraction of sp³-hybridized carbons (Fsp3) is 0.333. The van der Waals surface area contributed by atoms with E-state index in [0.29, 0.717) is 17.0 Å². The van der Waals surface area contributed by atoms with Crippen molar-refractivity contribution >= 4 is 31.4 Å². The Morgan fingerprint density at radius 3 is 2.73 bits per heavy atom. The SMILES string of the molecule is CCN[C@@H]1CN(Cc2cccc(O)c2)S(=O)(=O)c2cc(S(N)(=O)=O)sc21. The molecule has 1 aromatic carbocycles. The smallest absolute Gasteiger partial charge is 0.247 e. The summed E-state index contributed by atoms with van der Waals surface area (Å²) in [5.74, 6) is 0.0490. The largest absolute Gasteiger partial charge is 0.508 e. The van der Waals surface area contributed by atoms with Crippen LogP contribution in [0.1, 0.15) is 23.4 Å². The van der Waals surface area contributed by atoms with Crippen molar-refractivity contribution < 1.29 is 21.9 Å². The Bertz CT molecular complexity index is 1030. The number of sulfonamides is 2. The second kappa shape index (κ2) is 6.91. The van der Waals surface area contributed by atoms with E-state index < -0.39 is 20.0 Å². The van der Waals surface area contributed by atoms with Gasteiger partial charge >= 0.3 is 0 Å². The number of nitrogens with one attached hydrogen (secondary N) is 1.